The molecular weight excluding hydrogens is 455 g/mol. The molecule has 3 rings (SSSR count). The van der Waals surface area contributed by atoms with Gasteiger partial charge in [-0.25, -0.2) is 4.98 Å². The number of hydrogen-bond donors (Lipinski definition) is 1. The fraction of sp³-hybridized carbons (Fsp3) is 0.368. The monoisotopic (exact) mass is 473 g/mol. The third-order valence-corrected chi connectivity index (χ3v) is 6.21. The number of carbonyl (C=O) groups is 2. The number of carbonyl (C=O) groups excluding carboxylic acids is 2. The maximum atomic E-state index is 13.2. The summed E-state index contributed by atoms with van der Waals surface area (Å²) in [4.78, 5) is 41.3. The summed E-state index contributed by atoms with van der Waals surface area (Å²) >= 11 is 2.21. The van der Waals surface area contributed by atoms with Crippen molar-refractivity contribution in [3.63, 3.8) is 0 Å². The van der Waals surface area contributed by atoms with E-state index in [4.69, 9.17) is 4.74 Å². The molecule has 1 N–H and O–H groups in total. The smallest absolute Gasteiger partial charge is 0.416 e. The fourth-order valence-corrected chi connectivity index (χ4v) is 4.69. The molecule has 1 aliphatic rings. The highest BCUT2D eigenvalue weighted by atomic mass is 32.2. The van der Waals surface area contributed by atoms with Gasteiger partial charge in [-0.1, -0.05) is 17.8 Å². The lowest BCUT2D eigenvalue weighted by atomic mass is 10.2. The molecular formula is C19H18F3N3O4S2. The van der Waals surface area contributed by atoms with Crippen LogP contribution in [0.5, 0.6) is 0 Å². The highest BCUT2D eigenvalue weighted by molar-refractivity contribution is 8.00. The van der Waals surface area contributed by atoms with Gasteiger partial charge in [0.25, 0.3) is 5.56 Å². The van der Waals surface area contributed by atoms with E-state index in [-0.39, 0.29) is 29.7 Å². The summed E-state index contributed by atoms with van der Waals surface area (Å²) in [5.74, 6) is -0.627. The lowest BCUT2D eigenvalue weighted by molar-refractivity contribution is -0.143. The summed E-state index contributed by atoms with van der Waals surface area (Å²) in [6.07, 6.45) is -4.01. The number of amides is 1. The van der Waals surface area contributed by atoms with Crippen LogP contribution in [0.2, 0.25) is 0 Å². The van der Waals surface area contributed by atoms with Gasteiger partial charge in [0.2, 0.25) is 5.91 Å². The number of nitrogens with one attached hydrogen (secondary N) is 1. The molecule has 0 aliphatic carbocycles. The van der Waals surface area contributed by atoms with E-state index >= 15 is 0 Å². The molecule has 0 radical (unpaired) electrons. The normalized spacial score (nSPS) is 13.0. The standard InChI is InChI=1S/C19H18F3N3O4S2/c1-2-29-15(27)9-23-14(26)10-31-18-24-13-6-7-30-16(13)17(28)25(18)12-5-3-4-11(8-12)19(20,21)22/h3-5,8H,2,6-7,9-10H2,1H3,(H,23,26). The van der Waals surface area contributed by atoms with Crippen molar-refractivity contribution in [1.82, 2.24) is 14.9 Å². The highest BCUT2D eigenvalue weighted by Crippen LogP contribution is 2.33. The van der Waals surface area contributed by atoms with Crippen molar-refractivity contribution in [2.24, 2.45) is 0 Å². The van der Waals surface area contributed by atoms with Crippen LogP contribution in [0.25, 0.3) is 5.69 Å². The Morgan fingerprint density at radius 2 is 2.13 bits per heavy atom. The molecule has 12 heteroatoms. The topological polar surface area (TPSA) is 90.3 Å². The van der Waals surface area contributed by atoms with E-state index in [1.165, 1.54) is 23.9 Å². The number of rotatable bonds is 7. The number of hydrogen-bond acceptors (Lipinski definition) is 7. The zero-order valence-corrected chi connectivity index (χ0v) is 18.0. The molecule has 0 fully saturated rings. The van der Waals surface area contributed by atoms with E-state index in [0.29, 0.717) is 22.8 Å². The second-order valence-electron chi connectivity index (χ2n) is 6.33. The van der Waals surface area contributed by atoms with Gasteiger partial charge < -0.3 is 10.1 Å². The lowest BCUT2D eigenvalue weighted by Crippen LogP contribution is -2.32. The molecule has 1 aliphatic heterocycles. The molecule has 1 aromatic carbocycles. The minimum Gasteiger partial charge on any atom is -0.465 e. The first-order chi connectivity index (χ1) is 14.7. The van der Waals surface area contributed by atoms with Crippen molar-refractivity contribution in [1.29, 1.82) is 0 Å². The van der Waals surface area contributed by atoms with E-state index < -0.39 is 29.2 Å². The Balaban J connectivity index is 1.89. The van der Waals surface area contributed by atoms with Crippen LogP contribution >= 0.6 is 23.5 Å². The second kappa shape index (κ2) is 9.77. The number of alkyl halides is 3. The van der Waals surface area contributed by atoms with E-state index in [0.717, 1.165) is 28.5 Å². The van der Waals surface area contributed by atoms with Crippen molar-refractivity contribution in [2.45, 2.75) is 29.6 Å². The van der Waals surface area contributed by atoms with Gasteiger partial charge >= 0.3 is 12.1 Å². The van der Waals surface area contributed by atoms with Crippen molar-refractivity contribution in [2.75, 3.05) is 24.7 Å². The lowest BCUT2D eigenvalue weighted by Gasteiger charge is -2.15. The van der Waals surface area contributed by atoms with Crippen molar-refractivity contribution in [3.05, 3.63) is 45.9 Å². The van der Waals surface area contributed by atoms with Crippen LogP contribution < -0.4 is 10.9 Å². The molecule has 166 valence electrons. The number of aryl methyl sites for hydroxylation is 1. The van der Waals surface area contributed by atoms with Gasteiger partial charge in [-0.05, 0) is 25.1 Å². The van der Waals surface area contributed by atoms with Crippen LogP contribution in [-0.4, -0.2) is 46.1 Å². The molecule has 0 saturated carbocycles. The number of aromatic nitrogens is 2. The van der Waals surface area contributed by atoms with Gasteiger partial charge in [0.15, 0.2) is 5.16 Å². The van der Waals surface area contributed by atoms with Crippen LogP contribution in [0.4, 0.5) is 13.2 Å². The fourth-order valence-electron chi connectivity index (χ4n) is 2.80. The number of halogens is 3. The Labute approximate surface area is 183 Å². The van der Waals surface area contributed by atoms with Gasteiger partial charge in [0.1, 0.15) is 6.54 Å². The molecule has 0 saturated heterocycles. The molecule has 7 nitrogen and oxygen atoms in total. The second-order valence-corrected chi connectivity index (χ2v) is 8.38. The van der Waals surface area contributed by atoms with Crippen LogP contribution in [0.1, 0.15) is 18.2 Å². The van der Waals surface area contributed by atoms with E-state index in [2.05, 4.69) is 10.3 Å². The molecule has 31 heavy (non-hydrogen) atoms. The van der Waals surface area contributed by atoms with E-state index in [1.807, 2.05) is 0 Å². The van der Waals surface area contributed by atoms with Crippen LogP contribution in [0.15, 0.2) is 39.1 Å². The van der Waals surface area contributed by atoms with Gasteiger partial charge in [-0.2, -0.15) is 13.2 Å². The molecule has 0 unspecified atom stereocenters. The summed E-state index contributed by atoms with van der Waals surface area (Å²) in [6.45, 7) is 1.52. The Bertz CT molecular complexity index is 1060. The SMILES string of the molecule is CCOC(=O)CNC(=O)CSc1nc2c(c(=O)n1-c1cccc(C(F)(F)F)c1)SCC2. The van der Waals surface area contributed by atoms with E-state index in [9.17, 15) is 27.6 Å². The number of esters is 1. The maximum absolute atomic E-state index is 13.2. The largest absolute Gasteiger partial charge is 0.465 e. The predicted molar refractivity (Wildman–Crippen MR) is 110 cm³/mol. The highest BCUT2D eigenvalue weighted by Gasteiger charge is 2.31. The summed E-state index contributed by atoms with van der Waals surface area (Å²) in [5, 5.41) is 2.50. The van der Waals surface area contributed by atoms with Gasteiger partial charge in [-0.15, -0.1) is 11.8 Å². The molecule has 1 aromatic heterocycles. The first-order valence-electron chi connectivity index (χ1n) is 9.22. The third kappa shape index (κ3) is 5.62. The van der Waals surface area contributed by atoms with Crippen LogP contribution in [-0.2, 0) is 26.9 Å². The Kier molecular flexibility index (Phi) is 7.31. The molecule has 0 bridgehead atoms. The molecule has 0 spiro atoms. The number of thioether (sulfide) groups is 2. The maximum Gasteiger partial charge on any atom is 0.416 e. The molecule has 1 amide bonds. The van der Waals surface area contributed by atoms with Gasteiger partial charge in [-0.3, -0.25) is 19.0 Å². The minimum atomic E-state index is -4.57. The first-order valence-corrected chi connectivity index (χ1v) is 11.2. The van der Waals surface area contributed by atoms with Crippen LogP contribution in [0.3, 0.4) is 0 Å². The number of ether oxygens (including phenoxy) is 1. The Morgan fingerprint density at radius 3 is 2.84 bits per heavy atom. The van der Waals surface area contributed by atoms with Crippen LogP contribution in [0, 0.1) is 0 Å². The summed E-state index contributed by atoms with van der Waals surface area (Å²) in [5.41, 5.74) is -0.792. The summed E-state index contributed by atoms with van der Waals surface area (Å²) in [7, 11) is 0. The Morgan fingerprint density at radius 1 is 1.35 bits per heavy atom. The van der Waals surface area contributed by atoms with Crippen molar-refractivity contribution < 1.29 is 27.5 Å². The molecule has 2 heterocycles. The zero-order valence-electron chi connectivity index (χ0n) is 16.3. The summed E-state index contributed by atoms with van der Waals surface area (Å²) < 4.78 is 45.3. The molecule has 2 aromatic rings. The Hall–Kier alpha value is -2.47. The number of fused-ring (bicyclic) bond motifs is 1. The number of nitrogens with zero attached hydrogens (tertiary/aromatic N) is 2. The zero-order chi connectivity index (χ0) is 22.6. The average Bonchev–Trinajstić information content (AvgIpc) is 3.19. The average molecular weight is 473 g/mol. The minimum absolute atomic E-state index is 0.0112. The summed E-state index contributed by atoms with van der Waals surface area (Å²) in [6, 6.07) is 4.39. The van der Waals surface area contributed by atoms with Gasteiger partial charge in [0, 0.05) is 12.2 Å². The number of benzene rings is 1. The van der Waals surface area contributed by atoms with E-state index in [1.54, 1.807) is 6.92 Å². The third-order valence-electron chi connectivity index (χ3n) is 4.17. The first kappa shape index (κ1) is 23.2. The van der Waals surface area contributed by atoms with Crippen molar-refractivity contribution in [3.8, 4) is 5.69 Å². The quantitative estimate of drug-likeness (QED) is 0.376. The molecule has 0 atom stereocenters. The predicted octanol–water partition coefficient (Wildman–Crippen LogP) is 2.67. The van der Waals surface area contributed by atoms with Gasteiger partial charge in [0.05, 0.1) is 34.2 Å². The van der Waals surface area contributed by atoms with Crippen molar-refractivity contribution >= 4 is 35.4 Å².